The van der Waals surface area contributed by atoms with Crippen LogP contribution in [0.4, 0.5) is 11.4 Å². The van der Waals surface area contributed by atoms with Gasteiger partial charge in [-0.05, 0) is 12.1 Å². The third-order valence-electron chi connectivity index (χ3n) is 1.86. The minimum absolute atomic E-state index is 0.235. The van der Waals surface area contributed by atoms with E-state index >= 15 is 0 Å². The van der Waals surface area contributed by atoms with E-state index in [1.165, 1.54) is 12.1 Å². The van der Waals surface area contributed by atoms with Gasteiger partial charge in [0.15, 0.2) is 10.3 Å². The van der Waals surface area contributed by atoms with Crippen molar-refractivity contribution < 1.29 is 20.3 Å². The highest BCUT2D eigenvalue weighted by Crippen LogP contribution is 2.30. The molecule has 0 fully saturated rings. The standard InChI is InChI=1S/C10H12N6O4S2/c11-7(12)21-9(19-17)15-5-3-1-2-4-6(5)16-10(20-18)22-8(13)14/h1-4,17-18H,(H3,11,12)(H3,13,14). The third-order valence-corrected chi connectivity index (χ3v) is 2.98. The predicted octanol–water partition coefficient (Wildman–Crippen LogP) is 1.89. The van der Waals surface area contributed by atoms with Crippen molar-refractivity contribution >= 4 is 55.7 Å². The molecule has 1 aromatic rings. The van der Waals surface area contributed by atoms with Crippen LogP contribution in [0.15, 0.2) is 34.3 Å². The second-order valence-electron chi connectivity index (χ2n) is 3.36. The maximum absolute atomic E-state index is 8.72. The van der Waals surface area contributed by atoms with Crippen molar-refractivity contribution in [3.05, 3.63) is 24.3 Å². The molecule has 0 spiro atoms. The van der Waals surface area contributed by atoms with Gasteiger partial charge in [0.25, 0.3) is 10.5 Å². The van der Waals surface area contributed by atoms with Crippen molar-refractivity contribution in [2.45, 2.75) is 0 Å². The monoisotopic (exact) mass is 344 g/mol. The first-order valence-electron chi connectivity index (χ1n) is 5.39. The number of nitrogens with two attached hydrogens (primary N) is 2. The second kappa shape index (κ2) is 8.89. The maximum Gasteiger partial charge on any atom is 0.299 e. The molecule has 0 atom stereocenters. The fourth-order valence-corrected chi connectivity index (χ4v) is 1.90. The molecule has 0 unspecified atom stereocenters. The van der Waals surface area contributed by atoms with E-state index in [-0.39, 0.29) is 32.2 Å². The highest BCUT2D eigenvalue weighted by molar-refractivity contribution is 8.26. The van der Waals surface area contributed by atoms with E-state index < -0.39 is 0 Å². The van der Waals surface area contributed by atoms with Gasteiger partial charge in [0.05, 0.1) is 11.4 Å². The highest BCUT2D eigenvalue weighted by atomic mass is 32.2. The van der Waals surface area contributed by atoms with Crippen LogP contribution in [0.2, 0.25) is 0 Å². The highest BCUT2D eigenvalue weighted by Gasteiger charge is 2.10. The lowest BCUT2D eigenvalue weighted by Crippen LogP contribution is -2.09. The van der Waals surface area contributed by atoms with Crippen molar-refractivity contribution in [2.75, 3.05) is 0 Å². The second-order valence-corrected chi connectivity index (χ2v) is 5.35. The first-order chi connectivity index (χ1) is 10.5. The first-order valence-corrected chi connectivity index (χ1v) is 7.02. The van der Waals surface area contributed by atoms with E-state index in [2.05, 4.69) is 19.8 Å². The molecule has 0 aliphatic carbocycles. The Kier molecular flexibility index (Phi) is 7.18. The quantitative estimate of drug-likeness (QED) is 0.203. The van der Waals surface area contributed by atoms with Gasteiger partial charge in [0.2, 0.25) is 0 Å². The first kappa shape index (κ1) is 17.8. The minimum Gasteiger partial charge on any atom is -0.378 e. The van der Waals surface area contributed by atoms with Gasteiger partial charge < -0.3 is 21.2 Å². The topological polar surface area (TPSA) is 183 Å². The molecule has 22 heavy (non-hydrogen) atoms. The lowest BCUT2D eigenvalue weighted by Gasteiger charge is -2.04. The Balaban J connectivity index is 3.17. The SMILES string of the molecule is N=C(N)SC(=Nc1ccccc1N=C(OO)SC(=N)N)OO. The van der Waals surface area contributed by atoms with E-state index in [1.54, 1.807) is 12.1 Å². The molecule has 0 radical (unpaired) electrons. The van der Waals surface area contributed by atoms with Crippen LogP contribution in [0, 0.1) is 10.8 Å². The van der Waals surface area contributed by atoms with Crippen LogP contribution in [0.1, 0.15) is 0 Å². The number of hydrogen-bond acceptors (Lipinski definition) is 10. The molecule has 12 heteroatoms. The van der Waals surface area contributed by atoms with Gasteiger partial charge in [-0.15, -0.1) is 0 Å². The molecule has 0 aliphatic rings. The Morgan fingerprint density at radius 1 is 0.909 bits per heavy atom. The fourth-order valence-electron chi connectivity index (χ4n) is 1.16. The number of para-hydroxylation sites is 2. The number of nitrogens with one attached hydrogen (secondary N) is 2. The molecule has 0 saturated carbocycles. The zero-order valence-corrected chi connectivity index (χ0v) is 12.5. The van der Waals surface area contributed by atoms with Gasteiger partial charge in [-0.3, -0.25) is 10.8 Å². The Hall–Kier alpha value is -2.28. The summed E-state index contributed by atoms with van der Waals surface area (Å²) in [6.07, 6.45) is 0. The molecule has 118 valence electrons. The summed E-state index contributed by atoms with van der Waals surface area (Å²) in [5.74, 6) is 0. The van der Waals surface area contributed by atoms with Crippen molar-refractivity contribution in [1.29, 1.82) is 10.8 Å². The summed E-state index contributed by atoms with van der Waals surface area (Å²) < 4.78 is 0. The summed E-state index contributed by atoms with van der Waals surface area (Å²) in [5.41, 5.74) is 10.8. The Labute approximate surface area is 133 Å². The van der Waals surface area contributed by atoms with Gasteiger partial charge in [-0.2, -0.15) is 0 Å². The number of rotatable bonds is 2. The molecule has 0 amide bonds. The van der Waals surface area contributed by atoms with Crippen LogP contribution < -0.4 is 11.5 Å². The Morgan fingerprint density at radius 2 is 1.27 bits per heavy atom. The summed E-state index contributed by atoms with van der Waals surface area (Å²) in [5, 5.41) is 30.4. The maximum atomic E-state index is 8.72. The van der Waals surface area contributed by atoms with E-state index in [0.717, 1.165) is 0 Å². The van der Waals surface area contributed by atoms with Gasteiger partial charge >= 0.3 is 0 Å². The van der Waals surface area contributed by atoms with Gasteiger partial charge in [-0.25, -0.2) is 20.5 Å². The molecule has 8 N–H and O–H groups in total. The van der Waals surface area contributed by atoms with Crippen molar-refractivity contribution in [2.24, 2.45) is 21.5 Å². The average Bonchev–Trinajstić information content (AvgIpc) is 2.46. The van der Waals surface area contributed by atoms with Crippen LogP contribution in [-0.4, -0.2) is 31.3 Å². The summed E-state index contributed by atoms with van der Waals surface area (Å²) in [7, 11) is 0. The predicted molar refractivity (Wildman–Crippen MR) is 87.1 cm³/mol. The molecule has 1 rings (SSSR count). The molecule has 0 heterocycles. The molecular formula is C10H12N6O4S2. The minimum atomic E-state index is -0.333. The summed E-state index contributed by atoms with van der Waals surface area (Å²) in [4.78, 5) is 15.9. The number of amidine groups is 2. The lowest BCUT2D eigenvalue weighted by atomic mass is 10.3. The van der Waals surface area contributed by atoms with Gasteiger partial charge in [0.1, 0.15) is 0 Å². The zero-order valence-electron chi connectivity index (χ0n) is 10.9. The Bertz CT molecular complexity index is 568. The van der Waals surface area contributed by atoms with Gasteiger partial charge in [0, 0.05) is 23.5 Å². The summed E-state index contributed by atoms with van der Waals surface area (Å²) in [6.45, 7) is 0. The molecule has 0 bridgehead atoms. The lowest BCUT2D eigenvalue weighted by molar-refractivity contribution is -0.150. The van der Waals surface area contributed by atoms with Crippen molar-refractivity contribution in [3.8, 4) is 0 Å². The molecule has 0 saturated heterocycles. The van der Waals surface area contributed by atoms with Crippen LogP contribution >= 0.6 is 23.5 Å². The normalized spacial score (nSPS) is 11.9. The smallest absolute Gasteiger partial charge is 0.299 e. The van der Waals surface area contributed by atoms with Crippen LogP contribution in [0.5, 0.6) is 0 Å². The molecular weight excluding hydrogens is 332 g/mol. The van der Waals surface area contributed by atoms with Crippen LogP contribution in [0.25, 0.3) is 0 Å². The number of thioether (sulfide) groups is 2. The number of benzene rings is 1. The zero-order chi connectivity index (χ0) is 16.5. The van der Waals surface area contributed by atoms with Crippen molar-refractivity contribution in [1.82, 2.24) is 0 Å². The summed E-state index contributed by atoms with van der Waals surface area (Å²) >= 11 is 1.18. The largest absolute Gasteiger partial charge is 0.378 e. The Morgan fingerprint density at radius 3 is 1.55 bits per heavy atom. The van der Waals surface area contributed by atoms with E-state index in [0.29, 0.717) is 23.5 Å². The average molecular weight is 344 g/mol. The number of hydrogen-bond donors (Lipinski definition) is 6. The van der Waals surface area contributed by atoms with E-state index in [9.17, 15) is 0 Å². The number of nitrogens with zero attached hydrogens (tertiary/aromatic N) is 2. The van der Waals surface area contributed by atoms with Crippen LogP contribution in [0.3, 0.4) is 0 Å². The van der Waals surface area contributed by atoms with Crippen LogP contribution in [-0.2, 0) is 9.78 Å². The fraction of sp³-hybridized carbons (Fsp3) is 0. The summed E-state index contributed by atoms with van der Waals surface area (Å²) in [6, 6.07) is 6.35. The van der Waals surface area contributed by atoms with Gasteiger partial charge in [-0.1, -0.05) is 12.1 Å². The van der Waals surface area contributed by atoms with Crippen molar-refractivity contribution in [3.63, 3.8) is 0 Å². The van der Waals surface area contributed by atoms with E-state index in [1.807, 2.05) is 0 Å². The molecule has 10 nitrogen and oxygen atoms in total. The third kappa shape index (κ3) is 6.01. The molecule has 0 aliphatic heterocycles. The molecule has 0 aromatic heterocycles. The number of aliphatic imine (C=N–C) groups is 2. The molecule has 1 aromatic carbocycles. The van der Waals surface area contributed by atoms with E-state index in [4.69, 9.17) is 32.8 Å².